The van der Waals surface area contributed by atoms with Crippen molar-refractivity contribution in [3.05, 3.63) is 65.3 Å². The lowest BCUT2D eigenvalue weighted by molar-refractivity contribution is 0.0566. The van der Waals surface area contributed by atoms with E-state index in [-0.39, 0.29) is 11.8 Å². The van der Waals surface area contributed by atoms with Crippen molar-refractivity contribution in [3.63, 3.8) is 0 Å². The number of carbonyl (C=O) groups excluding carboxylic acids is 1. The Hall–Kier alpha value is -3.55. The molecule has 0 aliphatic carbocycles. The van der Waals surface area contributed by atoms with Crippen LogP contribution in [0, 0.1) is 0 Å². The number of hydrogen-bond acceptors (Lipinski definition) is 7. The molecule has 1 saturated heterocycles. The van der Waals surface area contributed by atoms with E-state index in [2.05, 4.69) is 10.1 Å². The quantitative estimate of drug-likeness (QED) is 0.593. The molecule has 1 aliphatic heterocycles. The van der Waals surface area contributed by atoms with Gasteiger partial charge in [0.1, 0.15) is 17.2 Å². The highest BCUT2D eigenvalue weighted by Crippen LogP contribution is 2.31. The second-order valence-corrected chi connectivity index (χ2v) is 7.01. The Kier molecular flexibility index (Phi) is 5.56. The third kappa shape index (κ3) is 3.80. The fourth-order valence-electron chi connectivity index (χ4n) is 3.47. The van der Waals surface area contributed by atoms with Gasteiger partial charge in [0.15, 0.2) is 5.82 Å². The predicted molar refractivity (Wildman–Crippen MR) is 108 cm³/mol. The first kappa shape index (κ1) is 19.8. The van der Waals surface area contributed by atoms with Gasteiger partial charge in [0.2, 0.25) is 5.89 Å². The summed E-state index contributed by atoms with van der Waals surface area (Å²) in [6.45, 7) is 1.04. The third-order valence-corrected chi connectivity index (χ3v) is 5.18. The summed E-state index contributed by atoms with van der Waals surface area (Å²) >= 11 is 0. The summed E-state index contributed by atoms with van der Waals surface area (Å²) in [5.74, 6) is 2.98. The third-order valence-electron chi connectivity index (χ3n) is 5.18. The molecule has 1 fully saturated rings. The smallest absolute Gasteiger partial charge is 0.257 e. The second kappa shape index (κ2) is 8.44. The highest BCUT2D eigenvalue weighted by atomic mass is 16.5. The van der Waals surface area contributed by atoms with Gasteiger partial charge < -0.3 is 23.6 Å². The molecular formula is C22H23N3O5. The number of likely N-dealkylation sites (tertiary alicyclic amines) is 1. The molecular weight excluding hydrogens is 386 g/mol. The number of carbonyl (C=O) groups is 1. The number of amides is 1. The molecule has 4 rings (SSSR count). The molecule has 2 aromatic carbocycles. The molecule has 156 valence electrons. The van der Waals surface area contributed by atoms with Crippen molar-refractivity contribution in [1.29, 1.82) is 0 Å². The summed E-state index contributed by atoms with van der Waals surface area (Å²) in [6, 6.07) is 12.9. The molecule has 8 heteroatoms. The van der Waals surface area contributed by atoms with Crippen LogP contribution >= 0.6 is 0 Å². The molecule has 0 spiro atoms. The van der Waals surface area contributed by atoms with Gasteiger partial charge in [0.05, 0.1) is 32.8 Å². The number of para-hydroxylation sites is 1. The van der Waals surface area contributed by atoms with Gasteiger partial charge in [-0.2, -0.15) is 4.98 Å². The average molecular weight is 409 g/mol. The van der Waals surface area contributed by atoms with Gasteiger partial charge in [-0.25, -0.2) is 0 Å². The molecule has 3 aromatic rings. The van der Waals surface area contributed by atoms with Gasteiger partial charge >= 0.3 is 0 Å². The Morgan fingerprint density at radius 1 is 1.07 bits per heavy atom. The van der Waals surface area contributed by atoms with Gasteiger partial charge in [0, 0.05) is 31.1 Å². The van der Waals surface area contributed by atoms with E-state index in [0.29, 0.717) is 48.3 Å². The van der Waals surface area contributed by atoms with Crippen molar-refractivity contribution < 1.29 is 23.5 Å². The van der Waals surface area contributed by atoms with E-state index >= 15 is 0 Å². The van der Waals surface area contributed by atoms with Crippen molar-refractivity contribution in [2.75, 3.05) is 34.4 Å². The van der Waals surface area contributed by atoms with Crippen LogP contribution in [0.25, 0.3) is 0 Å². The zero-order valence-corrected chi connectivity index (χ0v) is 17.1. The summed E-state index contributed by atoms with van der Waals surface area (Å²) in [5.41, 5.74) is 1.49. The lowest BCUT2D eigenvalue weighted by Gasteiger charge is -2.37. The van der Waals surface area contributed by atoms with Gasteiger partial charge in [0.25, 0.3) is 5.91 Å². The molecule has 0 bridgehead atoms. The number of aromatic nitrogens is 2. The number of benzene rings is 2. The Balaban J connectivity index is 1.40. The van der Waals surface area contributed by atoms with Crippen LogP contribution in [0.4, 0.5) is 0 Å². The maximum Gasteiger partial charge on any atom is 0.257 e. The van der Waals surface area contributed by atoms with Gasteiger partial charge in [-0.1, -0.05) is 23.4 Å². The van der Waals surface area contributed by atoms with Crippen LogP contribution in [0.1, 0.15) is 33.6 Å². The molecule has 0 unspecified atom stereocenters. The molecule has 0 saturated carbocycles. The molecule has 0 atom stereocenters. The molecule has 30 heavy (non-hydrogen) atoms. The van der Waals surface area contributed by atoms with Crippen LogP contribution in [0.2, 0.25) is 0 Å². The molecule has 0 N–H and O–H groups in total. The van der Waals surface area contributed by atoms with Crippen molar-refractivity contribution in [1.82, 2.24) is 15.0 Å². The number of rotatable bonds is 7. The monoisotopic (exact) mass is 409 g/mol. The van der Waals surface area contributed by atoms with E-state index in [0.717, 1.165) is 11.3 Å². The summed E-state index contributed by atoms with van der Waals surface area (Å²) in [6.07, 6.45) is 0.520. The summed E-state index contributed by atoms with van der Waals surface area (Å²) < 4.78 is 21.3. The molecule has 0 radical (unpaired) electrons. The first-order valence-corrected chi connectivity index (χ1v) is 9.58. The van der Waals surface area contributed by atoms with E-state index in [1.54, 1.807) is 37.3 Å². The highest BCUT2D eigenvalue weighted by molar-refractivity contribution is 5.97. The van der Waals surface area contributed by atoms with E-state index < -0.39 is 0 Å². The Bertz CT molecular complexity index is 1040. The average Bonchev–Trinajstić information content (AvgIpc) is 3.20. The molecule has 1 amide bonds. The Morgan fingerprint density at radius 3 is 2.57 bits per heavy atom. The largest absolute Gasteiger partial charge is 0.497 e. The highest BCUT2D eigenvalue weighted by Gasteiger charge is 2.37. The minimum absolute atomic E-state index is 0.0251. The SMILES string of the molecule is COc1ccc(C(=O)N2CC(c3nc(Cc4ccccc4OC)no3)C2)c(OC)c1. The summed E-state index contributed by atoms with van der Waals surface area (Å²) in [5, 5.41) is 4.09. The minimum Gasteiger partial charge on any atom is -0.497 e. The van der Waals surface area contributed by atoms with Crippen LogP contribution in [-0.2, 0) is 6.42 Å². The van der Waals surface area contributed by atoms with E-state index in [1.165, 1.54) is 7.11 Å². The normalized spacial score (nSPS) is 13.6. The zero-order chi connectivity index (χ0) is 21.1. The van der Waals surface area contributed by atoms with E-state index in [1.807, 2.05) is 24.3 Å². The van der Waals surface area contributed by atoms with E-state index in [4.69, 9.17) is 18.7 Å². The van der Waals surface area contributed by atoms with Crippen molar-refractivity contribution in [2.24, 2.45) is 0 Å². The minimum atomic E-state index is -0.0977. The van der Waals surface area contributed by atoms with Gasteiger partial charge in [-0.05, 0) is 18.2 Å². The molecule has 1 aliphatic rings. The topological polar surface area (TPSA) is 86.9 Å². The number of nitrogens with zero attached hydrogens (tertiary/aromatic N) is 3. The lowest BCUT2D eigenvalue weighted by Crippen LogP contribution is -2.48. The van der Waals surface area contributed by atoms with Crippen LogP contribution in [0.15, 0.2) is 47.0 Å². The fourth-order valence-corrected chi connectivity index (χ4v) is 3.47. The van der Waals surface area contributed by atoms with E-state index in [9.17, 15) is 4.79 Å². The van der Waals surface area contributed by atoms with Crippen LogP contribution in [-0.4, -0.2) is 55.4 Å². The van der Waals surface area contributed by atoms with Crippen LogP contribution in [0.5, 0.6) is 17.2 Å². The van der Waals surface area contributed by atoms with Crippen LogP contribution in [0.3, 0.4) is 0 Å². The summed E-state index contributed by atoms with van der Waals surface area (Å²) in [7, 11) is 4.74. The van der Waals surface area contributed by atoms with Crippen LogP contribution < -0.4 is 14.2 Å². The molecule has 1 aromatic heterocycles. The fraction of sp³-hybridized carbons (Fsp3) is 0.318. The predicted octanol–water partition coefficient (Wildman–Crippen LogP) is 2.93. The number of hydrogen-bond donors (Lipinski definition) is 0. The number of methoxy groups -OCH3 is 3. The standard InChI is InChI=1S/C22H23N3O5/c1-27-16-8-9-17(19(11-16)29-3)22(26)25-12-15(13-25)21-23-20(24-30-21)10-14-6-4-5-7-18(14)28-2/h4-9,11,15H,10,12-13H2,1-3H3. The van der Waals surface area contributed by atoms with Crippen molar-refractivity contribution in [2.45, 2.75) is 12.3 Å². The maximum absolute atomic E-state index is 12.8. The maximum atomic E-state index is 12.8. The first-order chi connectivity index (χ1) is 14.6. The Morgan fingerprint density at radius 2 is 1.83 bits per heavy atom. The van der Waals surface area contributed by atoms with Gasteiger partial charge in [-0.15, -0.1) is 0 Å². The Labute approximate surface area is 174 Å². The number of ether oxygens (including phenoxy) is 3. The van der Waals surface area contributed by atoms with Crippen molar-refractivity contribution >= 4 is 5.91 Å². The molecule has 2 heterocycles. The zero-order valence-electron chi connectivity index (χ0n) is 17.1. The first-order valence-electron chi connectivity index (χ1n) is 9.58. The molecule has 8 nitrogen and oxygen atoms in total. The second-order valence-electron chi connectivity index (χ2n) is 7.01. The lowest BCUT2D eigenvalue weighted by atomic mass is 9.98. The van der Waals surface area contributed by atoms with Gasteiger partial charge in [-0.3, -0.25) is 4.79 Å². The van der Waals surface area contributed by atoms with Crippen molar-refractivity contribution in [3.8, 4) is 17.2 Å². The summed E-state index contributed by atoms with van der Waals surface area (Å²) in [4.78, 5) is 19.1.